The molecule has 1 amide bonds. The lowest BCUT2D eigenvalue weighted by Gasteiger charge is -2.28. The molecule has 20 heavy (non-hydrogen) atoms. The molecular formula is C15H16N2OS2. The number of aryl methyl sites for hydroxylation is 2. The molecule has 0 aliphatic carbocycles. The minimum Gasteiger partial charge on any atom is -0.399 e. The van der Waals surface area contributed by atoms with E-state index in [0.29, 0.717) is 5.69 Å². The number of hydrogen-bond donors (Lipinski definition) is 1. The second kappa shape index (κ2) is 5.14. The van der Waals surface area contributed by atoms with Gasteiger partial charge in [0.2, 0.25) is 0 Å². The van der Waals surface area contributed by atoms with Gasteiger partial charge in [0.05, 0.1) is 10.6 Å². The predicted octanol–water partition coefficient (Wildman–Crippen LogP) is 3.70. The molecule has 1 aromatic carbocycles. The highest BCUT2D eigenvalue weighted by Crippen LogP contribution is 2.37. The van der Waals surface area contributed by atoms with Crippen molar-refractivity contribution in [2.24, 2.45) is 0 Å². The van der Waals surface area contributed by atoms with E-state index in [4.69, 9.17) is 5.73 Å². The van der Waals surface area contributed by atoms with Crippen molar-refractivity contribution < 1.29 is 4.79 Å². The third-order valence-corrected chi connectivity index (χ3v) is 5.65. The zero-order valence-corrected chi connectivity index (χ0v) is 13.1. The minimum atomic E-state index is 0.0818. The Morgan fingerprint density at radius 2 is 2.10 bits per heavy atom. The number of nitrogens with zero attached hydrogens (tertiary/aromatic N) is 1. The molecule has 0 saturated heterocycles. The molecule has 0 spiro atoms. The highest BCUT2D eigenvalue weighted by Gasteiger charge is 2.25. The van der Waals surface area contributed by atoms with Crippen LogP contribution < -0.4 is 10.6 Å². The summed E-state index contributed by atoms with van der Waals surface area (Å²) in [5.74, 6) is 1.00. The molecule has 2 heterocycles. The Morgan fingerprint density at radius 1 is 1.30 bits per heavy atom. The summed E-state index contributed by atoms with van der Waals surface area (Å²) < 4.78 is 0. The molecule has 3 nitrogen and oxygen atoms in total. The van der Waals surface area contributed by atoms with Crippen LogP contribution in [0.25, 0.3) is 0 Å². The largest absolute Gasteiger partial charge is 0.399 e. The van der Waals surface area contributed by atoms with E-state index in [0.717, 1.165) is 27.8 Å². The molecule has 0 atom stereocenters. The fourth-order valence-corrected chi connectivity index (χ4v) is 4.22. The normalized spacial score (nSPS) is 14.2. The molecule has 0 bridgehead atoms. The molecule has 5 heteroatoms. The van der Waals surface area contributed by atoms with Gasteiger partial charge in [0.15, 0.2) is 0 Å². The first-order valence-corrected chi connectivity index (χ1v) is 8.27. The molecule has 0 fully saturated rings. The van der Waals surface area contributed by atoms with Crippen LogP contribution in [0.3, 0.4) is 0 Å². The summed E-state index contributed by atoms with van der Waals surface area (Å²) in [6, 6.07) is 7.77. The number of benzene rings is 1. The van der Waals surface area contributed by atoms with Crippen LogP contribution in [0.2, 0.25) is 0 Å². The Morgan fingerprint density at radius 3 is 2.80 bits per heavy atom. The van der Waals surface area contributed by atoms with E-state index in [1.165, 1.54) is 10.4 Å². The van der Waals surface area contributed by atoms with Crippen molar-refractivity contribution in [2.75, 3.05) is 22.9 Å². The van der Waals surface area contributed by atoms with Gasteiger partial charge in [-0.1, -0.05) is 0 Å². The van der Waals surface area contributed by atoms with Crippen molar-refractivity contribution in [3.63, 3.8) is 0 Å². The van der Waals surface area contributed by atoms with Crippen LogP contribution in [0.4, 0.5) is 11.4 Å². The third-order valence-electron chi connectivity index (χ3n) is 3.47. The molecule has 1 aromatic heterocycles. The fourth-order valence-electron chi connectivity index (χ4n) is 2.26. The van der Waals surface area contributed by atoms with Crippen LogP contribution in [-0.2, 0) is 0 Å². The molecule has 104 valence electrons. The van der Waals surface area contributed by atoms with Gasteiger partial charge in [0, 0.05) is 27.8 Å². The molecule has 1 aliphatic heterocycles. The number of amides is 1. The van der Waals surface area contributed by atoms with E-state index in [9.17, 15) is 4.79 Å². The zero-order valence-electron chi connectivity index (χ0n) is 11.5. The Kier molecular flexibility index (Phi) is 3.48. The number of nitrogens with two attached hydrogens (primary N) is 1. The molecule has 1 aliphatic rings. The number of thioether (sulfide) groups is 1. The maximum Gasteiger partial charge on any atom is 0.268 e. The Hall–Kier alpha value is -1.46. The van der Waals surface area contributed by atoms with Crippen molar-refractivity contribution in [3.05, 3.63) is 39.6 Å². The minimum absolute atomic E-state index is 0.0818. The molecule has 3 rings (SSSR count). The number of nitrogen functional groups attached to an aromatic ring is 1. The number of hydrogen-bond acceptors (Lipinski definition) is 4. The van der Waals surface area contributed by atoms with Crippen molar-refractivity contribution in [1.82, 2.24) is 0 Å². The summed E-state index contributed by atoms with van der Waals surface area (Å²) in [4.78, 5) is 17.7. The molecule has 0 saturated carbocycles. The van der Waals surface area contributed by atoms with E-state index < -0.39 is 0 Å². The SMILES string of the molecule is Cc1cc(C(=O)N2CCSc3ccc(N)cc32)sc1C. The molecule has 2 aromatic rings. The summed E-state index contributed by atoms with van der Waals surface area (Å²) in [6.45, 7) is 4.82. The van der Waals surface area contributed by atoms with Crippen LogP contribution in [0, 0.1) is 13.8 Å². The monoisotopic (exact) mass is 304 g/mol. The predicted molar refractivity (Wildman–Crippen MR) is 87.0 cm³/mol. The quantitative estimate of drug-likeness (QED) is 0.817. The fraction of sp³-hybridized carbons (Fsp3) is 0.267. The Bertz CT molecular complexity index is 659. The van der Waals surface area contributed by atoms with Gasteiger partial charge in [0.25, 0.3) is 5.91 Å². The average molecular weight is 304 g/mol. The third kappa shape index (κ3) is 2.31. The van der Waals surface area contributed by atoms with E-state index in [-0.39, 0.29) is 5.91 Å². The smallest absolute Gasteiger partial charge is 0.268 e. The average Bonchev–Trinajstić information content (AvgIpc) is 2.77. The van der Waals surface area contributed by atoms with Gasteiger partial charge in [-0.15, -0.1) is 23.1 Å². The van der Waals surface area contributed by atoms with Crippen LogP contribution in [-0.4, -0.2) is 18.2 Å². The van der Waals surface area contributed by atoms with Crippen LogP contribution in [0.15, 0.2) is 29.2 Å². The molecule has 0 unspecified atom stereocenters. The van der Waals surface area contributed by atoms with Gasteiger partial charge in [-0.2, -0.15) is 0 Å². The van der Waals surface area contributed by atoms with Crippen molar-refractivity contribution in [1.29, 1.82) is 0 Å². The van der Waals surface area contributed by atoms with E-state index >= 15 is 0 Å². The number of carbonyl (C=O) groups excluding carboxylic acids is 1. The highest BCUT2D eigenvalue weighted by atomic mass is 32.2. The number of thiophene rings is 1. The first-order valence-electron chi connectivity index (χ1n) is 6.47. The van der Waals surface area contributed by atoms with Gasteiger partial charge < -0.3 is 10.6 Å². The summed E-state index contributed by atoms with van der Waals surface area (Å²) in [5.41, 5.74) is 8.68. The summed E-state index contributed by atoms with van der Waals surface area (Å²) in [5, 5.41) is 0. The lowest BCUT2D eigenvalue weighted by molar-refractivity contribution is 0.0991. The van der Waals surface area contributed by atoms with E-state index in [2.05, 4.69) is 6.92 Å². The van der Waals surface area contributed by atoms with Crippen molar-refractivity contribution >= 4 is 40.4 Å². The highest BCUT2D eigenvalue weighted by molar-refractivity contribution is 7.99. The summed E-state index contributed by atoms with van der Waals surface area (Å²) in [7, 11) is 0. The topological polar surface area (TPSA) is 46.3 Å². The van der Waals surface area contributed by atoms with Gasteiger partial charge in [0.1, 0.15) is 0 Å². The number of carbonyl (C=O) groups is 1. The molecule has 0 radical (unpaired) electrons. The maximum absolute atomic E-state index is 12.7. The van der Waals surface area contributed by atoms with Gasteiger partial charge in [-0.25, -0.2) is 0 Å². The van der Waals surface area contributed by atoms with Gasteiger partial charge >= 0.3 is 0 Å². The molecule has 2 N–H and O–H groups in total. The first kappa shape index (κ1) is 13.5. The second-order valence-electron chi connectivity index (χ2n) is 4.88. The molecular weight excluding hydrogens is 288 g/mol. The van der Waals surface area contributed by atoms with Crippen LogP contribution in [0.1, 0.15) is 20.1 Å². The zero-order chi connectivity index (χ0) is 14.3. The number of fused-ring (bicyclic) bond motifs is 1. The lowest BCUT2D eigenvalue weighted by atomic mass is 10.2. The van der Waals surface area contributed by atoms with Gasteiger partial charge in [-0.05, 0) is 43.7 Å². The maximum atomic E-state index is 12.7. The van der Waals surface area contributed by atoms with Crippen LogP contribution in [0.5, 0.6) is 0 Å². The summed E-state index contributed by atoms with van der Waals surface area (Å²) in [6.07, 6.45) is 0. The standard InChI is InChI=1S/C15H16N2OS2/c1-9-7-14(20-10(9)2)15(18)17-5-6-19-13-4-3-11(16)8-12(13)17/h3-4,7-8H,5-6,16H2,1-2H3. The first-order chi connectivity index (χ1) is 9.56. The second-order valence-corrected chi connectivity index (χ2v) is 7.28. The lowest BCUT2D eigenvalue weighted by Crippen LogP contribution is -2.35. The van der Waals surface area contributed by atoms with Gasteiger partial charge in [-0.3, -0.25) is 4.79 Å². The number of rotatable bonds is 1. The Labute approximate surface area is 126 Å². The van der Waals surface area contributed by atoms with E-state index in [1.807, 2.05) is 36.1 Å². The number of anilines is 2. The Balaban J connectivity index is 1.99. The van der Waals surface area contributed by atoms with Crippen molar-refractivity contribution in [3.8, 4) is 0 Å². The van der Waals surface area contributed by atoms with E-state index in [1.54, 1.807) is 23.1 Å². The van der Waals surface area contributed by atoms with Crippen molar-refractivity contribution in [2.45, 2.75) is 18.7 Å². The summed E-state index contributed by atoms with van der Waals surface area (Å²) >= 11 is 3.34. The van der Waals surface area contributed by atoms with Crippen LogP contribution >= 0.6 is 23.1 Å².